The molecule has 0 saturated heterocycles. The van der Waals surface area contributed by atoms with E-state index in [1.165, 1.54) is 0 Å². The third kappa shape index (κ3) is 1.87. The summed E-state index contributed by atoms with van der Waals surface area (Å²) in [5, 5.41) is 18.7. The predicted molar refractivity (Wildman–Crippen MR) is 61.8 cm³/mol. The second-order valence-electron chi connectivity index (χ2n) is 3.82. The van der Waals surface area contributed by atoms with Gasteiger partial charge in [0.15, 0.2) is 0 Å². The van der Waals surface area contributed by atoms with Gasteiger partial charge >= 0.3 is 7.12 Å². The molecule has 82 valence electrons. The van der Waals surface area contributed by atoms with E-state index in [4.69, 9.17) is 4.74 Å². The largest absolute Gasteiger partial charge is 0.497 e. The van der Waals surface area contributed by atoms with Gasteiger partial charge in [-0.05, 0) is 49.9 Å². The van der Waals surface area contributed by atoms with Crippen molar-refractivity contribution < 1.29 is 14.8 Å². The average Bonchev–Trinajstić information content (AvgIpc) is 2.19. The third-order valence-electron chi connectivity index (χ3n) is 3.14. The summed E-state index contributed by atoms with van der Waals surface area (Å²) in [5.41, 5.74) is 4.52. The first kappa shape index (κ1) is 12.1. The summed E-state index contributed by atoms with van der Waals surface area (Å²) >= 11 is 0. The monoisotopic (exact) mass is 208 g/mol. The van der Waals surface area contributed by atoms with Crippen molar-refractivity contribution in [2.75, 3.05) is 7.11 Å². The molecule has 2 N–H and O–H groups in total. The molecule has 0 aliphatic carbocycles. The fourth-order valence-corrected chi connectivity index (χ4v) is 1.88. The molecule has 3 nitrogen and oxygen atoms in total. The highest BCUT2D eigenvalue weighted by Gasteiger charge is 2.24. The van der Waals surface area contributed by atoms with Crippen LogP contribution in [0, 0.1) is 27.7 Å². The van der Waals surface area contributed by atoms with Crippen LogP contribution in [0.15, 0.2) is 0 Å². The van der Waals surface area contributed by atoms with Gasteiger partial charge in [0.2, 0.25) is 0 Å². The predicted octanol–water partition coefficient (Wildman–Crippen LogP) is 0.609. The van der Waals surface area contributed by atoms with E-state index in [1.54, 1.807) is 7.11 Å². The van der Waals surface area contributed by atoms with Gasteiger partial charge in [-0.1, -0.05) is 0 Å². The fourth-order valence-electron chi connectivity index (χ4n) is 1.88. The van der Waals surface area contributed by atoms with Crippen LogP contribution in [-0.4, -0.2) is 24.3 Å². The molecule has 0 heterocycles. The van der Waals surface area contributed by atoms with Crippen molar-refractivity contribution >= 4 is 12.6 Å². The SMILES string of the molecule is COc1c(C)c(C)c(C)c(C)c1B(O)O. The van der Waals surface area contributed by atoms with Crippen molar-refractivity contribution in [3.8, 4) is 5.75 Å². The Balaban J connectivity index is 3.62. The number of benzene rings is 1. The van der Waals surface area contributed by atoms with Crippen LogP contribution < -0.4 is 10.2 Å². The summed E-state index contributed by atoms with van der Waals surface area (Å²) in [5.74, 6) is 0.575. The summed E-state index contributed by atoms with van der Waals surface area (Å²) in [6.45, 7) is 7.78. The van der Waals surface area contributed by atoms with Crippen LogP contribution in [0.1, 0.15) is 22.3 Å². The van der Waals surface area contributed by atoms with E-state index in [1.807, 2.05) is 27.7 Å². The van der Waals surface area contributed by atoms with Gasteiger partial charge in [-0.25, -0.2) is 0 Å². The molecular formula is C11H17BO3. The molecule has 0 spiro atoms. The molecule has 0 aliphatic heterocycles. The maximum Gasteiger partial charge on any atom is 0.492 e. The maximum absolute atomic E-state index is 9.33. The molecule has 15 heavy (non-hydrogen) atoms. The summed E-state index contributed by atoms with van der Waals surface area (Å²) < 4.78 is 5.23. The van der Waals surface area contributed by atoms with Gasteiger partial charge in [0, 0.05) is 5.46 Å². The van der Waals surface area contributed by atoms with Gasteiger partial charge in [-0.3, -0.25) is 0 Å². The first-order valence-corrected chi connectivity index (χ1v) is 4.92. The first-order valence-electron chi connectivity index (χ1n) is 4.92. The number of methoxy groups -OCH3 is 1. The van der Waals surface area contributed by atoms with Crippen LogP contribution in [0.4, 0.5) is 0 Å². The van der Waals surface area contributed by atoms with Gasteiger partial charge < -0.3 is 14.8 Å². The lowest BCUT2D eigenvalue weighted by Crippen LogP contribution is -2.35. The second kappa shape index (κ2) is 4.25. The lowest BCUT2D eigenvalue weighted by molar-refractivity contribution is 0.400. The Hall–Kier alpha value is -0.995. The molecule has 0 atom stereocenters. The highest BCUT2D eigenvalue weighted by atomic mass is 16.5. The van der Waals surface area contributed by atoms with Crippen LogP contribution in [-0.2, 0) is 0 Å². The molecule has 0 aromatic heterocycles. The lowest BCUT2D eigenvalue weighted by Gasteiger charge is -2.19. The van der Waals surface area contributed by atoms with Gasteiger partial charge in [0.25, 0.3) is 0 Å². The van der Waals surface area contributed by atoms with Crippen molar-refractivity contribution in [1.29, 1.82) is 0 Å². The molecule has 4 heteroatoms. The van der Waals surface area contributed by atoms with Crippen LogP contribution in [0.3, 0.4) is 0 Å². The van der Waals surface area contributed by atoms with Gasteiger partial charge in [0.05, 0.1) is 7.11 Å². The van der Waals surface area contributed by atoms with E-state index in [9.17, 15) is 10.0 Å². The topological polar surface area (TPSA) is 49.7 Å². The highest BCUT2D eigenvalue weighted by molar-refractivity contribution is 6.60. The first-order chi connectivity index (χ1) is 6.91. The van der Waals surface area contributed by atoms with Gasteiger partial charge in [0.1, 0.15) is 5.75 Å². The van der Waals surface area contributed by atoms with Crippen molar-refractivity contribution in [2.45, 2.75) is 27.7 Å². The van der Waals surface area contributed by atoms with E-state index in [0.717, 1.165) is 22.3 Å². The maximum atomic E-state index is 9.33. The van der Waals surface area contributed by atoms with E-state index in [2.05, 4.69) is 0 Å². The minimum absolute atomic E-state index is 0.470. The van der Waals surface area contributed by atoms with Crippen LogP contribution in [0.2, 0.25) is 0 Å². The molecule has 1 rings (SSSR count). The van der Waals surface area contributed by atoms with E-state index in [0.29, 0.717) is 11.2 Å². The number of ether oxygens (including phenoxy) is 1. The molecule has 1 aromatic carbocycles. The minimum Gasteiger partial charge on any atom is -0.497 e. The van der Waals surface area contributed by atoms with E-state index >= 15 is 0 Å². The van der Waals surface area contributed by atoms with Crippen molar-refractivity contribution in [3.05, 3.63) is 22.3 Å². The lowest BCUT2D eigenvalue weighted by atomic mass is 9.73. The molecule has 0 bridgehead atoms. The molecular weight excluding hydrogens is 191 g/mol. The van der Waals surface area contributed by atoms with Crippen molar-refractivity contribution in [1.82, 2.24) is 0 Å². The number of hydrogen-bond acceptors (Lipinski definition) is 3. The normalized spacial score (nSPS) is 10.3. The molecule has 0 amide bonds. The Kier molecular flexibility index (Phi) is 3.42. The van der Waals surface area contributed by atoms with Crippen LogP contribution in [0.25, 0.3) is 0 Å². The zero-order chi connectivity index (χ0) is 11.7. The Labute approximate surface area is 90.9 Å². The fraction of sp³-hybridized carbons (Fsp3) is 0.455. The molecule has 0 fully saturated rings. The quantitative estimate of drug-likeness (QED) is 0.700. The molecule has 0 aliphatic rings. The Bertz CT molecular complexity index is 386. The number of rotatable bonds is 2. The Morgan fingerprint density at radius 3 is 1.73 bits per heavy atom. The zero-order valence-electron chi connectivity index (χ0n) is 9.88. The smallest absolute Gasteiger partial charge is 0.492 e. The van der Waals surface area contributed by atoms with E-state index in [-0.39, 0.29) is 0 Å². The summed E-state index contributed by atoms with van der Waals surface area (Å²) in [6.07, 6.45) is 0. The van der Waals surface area contributed by atoms with Crippen LogP contribution in [0.5, 0.6) is 5.75 Å². The van der Waals surface area contributed by atoms with Gasteiger partial charge in [-0.15, -0.1) is 0 Å². The summed E-state index contributed by atoms with van der Waals surface area (Å²) in [4.78, 5) is 0. The van der Waals surface area contributed by atoms with Crippen LogP contribution >= 0.6 is 0 Å². The Morgan fingerprint density at radius 1 is 0.867 bits per heavy atom. The molecule has 1 aromatic rings. The zero-order valence-corrected chi connectivity index (χ0v) is 9.88. The molecule has 0 saturated carbocycles. The van der Waals surface area contributed by atoms with E-state index < -0.39 is 7.12 Å². The highest BCUT2D eigenvalue weighted by Crippen LogP contribution is 2.25. The average molecular weight is 208 g/mol. The molecule has 0 unspecified atom stereocenters. The minimum atomic E-state index is -1.49. The van der Waals surface area contributed by atoms with Gasteiger partial charge in [-0.2, -0.15) is 0 Å². The van der Waals surface area contributed by atoms with Crippen molar-refractivity contribution in [2.24, 2.45) is 0 Å². The third-order valence-corrected chi connectivity index (χ3v) is 3.14. The summed E-state index contributed by atoms with van der Waals surface area (Å²) in [6, 6.07) is 0. The second-order valence-corrected chi connectivity index (χ2v) is 3.82. The number of hydrogen-bond donors (Lipinski definition) is 2. The van der Waals surface area contributed by atoms with Crippen molar-refractivity contribution in [3.63, 3.8) is 0 Å². The molecule has 0 radical (unpaired) electrons. The Morgan fingerprint density at radius 2 is 1.33 bits per heavy atom. The summed E-state index contributed by atoms with van der Waals surface area (Å²) in [7, 11) is 0.0561. The standard InChI is InChI=1S/C11H17BO3/c1-6-7(2)9(4)11(15-5)10(8(6)3)12(13)14/h13-14H,1-5H3.